The minimum atomic E-state index is 0.151. The molecule has 0 saturated carbocycles. The molecule has 25 heavy (non-hydrogen) atoms. The van der Waals surface area contributed by atoms with E-state index in [0.29, 0.717) is 0 Å². The number of rotatable bonds is 5. The number of benzene rings is 1. The third kappa shape index (κ3) is 3.74. The van der Waals surface area contributed by atoms with Gasteiger partial charge in [-0.1, -0.05) is 45.0 Å². The van der Waals surface area contributed by atoms with Gasteiger partial charge in [0.15, 0.2) is 5.65 Å². The summed E-state index contributed by atoms with van der Waals surface area (Å²) < 4.78 is 2.23. The Labute approximate surface area is 150 Å². The molecule has 0 amide bonds. The first kappa shape index (κ1) is 17.6. The van der Waals surface area contributed by atoms with Gasteiger partial charge in [0.25, 0.3) is 0 Å². The normalized spacial score (nSPS) is 12.0. The second kappa shape index (κ2) is 6.96. The molecule has 0 atom stereocenters. The average molecular weight is 336 g/mol. The Kier molecular flexibility index (Phi) is 4.91. The van der Waals surface area contributed by atoms with E-state index >= 15 is 0 Å². The van der Waals surface area contributed by atoms with Crippen molar-refractivity contribution in [3.05, 3.63) is 47.7 Å². The van der Waals surface area contributed by atoms with Crippen LogP contribution in [-0.4, -0.2) is 21.1 Å². The molecule has 0 aliphatic heterocycles. The van der Waals surface area contributed by atoms with E-state index in [1.165, 1.54) is 5.56 Å². The van der Waals surface area contributed by atoms with Gasteiger partial charge in [0.1, 0.15) is 11.3 Å². The van der Waals surface area contributed by atoms with Crippen molar-refractivity contribution in [2.45, 2.75) is 52.5 Å². The first-order chi connectivity index (χ1) is 11.9. The number of imidazole rings is 1. The lowest BCUT2D eigenvalue weighted by atomic mass is 9.87. The van der Waals surface area contributed by atoms with Crippen molar-refractivity contribution < 1.29 is 0 Å². The lowest BCUT2D eigenvalue weighted by Gasteiger charge is -2.19. The molecule has 0 spiro atoms. The van der Waals surface area contributed by atoms with Crippen molar-refractivity contribution in [3.63, 3.8) is 0 Å². The minimum Gasteiger partial charge on any atom is -0.330 e. The fraction of sp³-hybridized carbons (Fsp3) is 0.429. The van der Waals surface area contributed by atoms with Crippen LogP contribution in [0.1, 0.15) is 44.7 Å². The highest BCUT2D eigenvalue weighted by molar-refractivity contribution is 5.77. The summed E-state index contributed by atoms with van der Waals surface area (Å²) in [6.07, 6.45) is 3.95. The van der Waals surface area contributed by atoms with Crippen LogP contribution >= 0.6 is 0 Å². The number of hydrogen-bond acceptors (Lipinski definition) is 3. The van der Waals surface area contributed by atoms with E-state index in [4.69, 9.17) is 10.7 Å². The zero-order valence-electron chi connectivity index (χ0n) is 15.7. The minimum absolute atomic E-state index is 0.151. The van der Waals surface area contributed by atoms with Crippen molar-refractivity contribution >= 4 is 11.2 Å². The third-order valence-corrected chi connectivity index (χ3v) is 4.57. The van der Waals surface area contributed by atoms with E-state index in [9.17, 15) is 0 Å². The van der Waals surface area contributed by atoms with Crippen LogP contribution in [0.25, 0.3) is 22.6 Å². The van der Waals surface area contributed by atoms with Crippen LogP contribution in [0.4, 0.5) is 0 Å². The van der Waals surface area contributed by atoms with Crippen LogP contribution < -0.4 is 5.73 Å². The second-order valence-corrected chi connectivity index (χ2v) is 7.77. The summed E-state index contributed by atoms with van der Waals surface area (Å²) in [5.74, 6) is 0.991. The summed E-state index contributed by atoms with van der Waals surface area (Å²) in [5, 5.41) is 0. The van der Waals surface area contributed by atoms with Crippen molar-refractivity contribution in [2.75, 3.05) is 6.54 Å². The zero-order valence-corrected chi connectivity index (χ0v) is 15.7. The standard InChI is InChI=1S/C21H28N4/c1-15-13-18-20(23-14-15)25(12-6-5-11-22)19(24-18)16-7-9-17(10-8-16)21(2,3)4/h7-10,13-14H,5-6,11-12,22H2,1-4H3. The van der Waals surface area contributed by atoms with Gasteiger partial charge in [0.2, 0.25) is 0 Å². The predicted octanol–water partition coefficient (Wildman–Crippen LogP) is 4.44. The molecular weight excluding hydrogens is 308 g/mol. The molecule has 132 valence electrons. The summed E-state index contributed by atoms with van der Waals surface area (Å²) >= 11 is 0. The Morgan fingerprint density at radius 1 is 1.08 bits per heavy atom. The average Bonchev–Trinajstić information content (AvgIpc) is 2.92. The molecule has 2 heterocycles. The van der Waals surface area contributed by atoms with Crippen LogP contribution in [-0.2, 0) is 12.0 Å². The van der Waals surface area contributed by atoms with Gasteiger partial charge in [0.05, 0.1) is 0 Å². The highest BCUT2D eigenvalue weighted by atomic mass is 15.1. The summed E-state index contributed by atoms with van der Waals surface area (Å²) in [5.41, 5.74) is 11.3. The van der Waals surface area contributed by atoms with Gasteiger partial charge in [0, 0.05) is 18.3 Å². The molecule has 0 bridgehead atoms. The maximum Gasteiger partial charge on any atom is 0.160 e. The number of pyridine rings is 1. The fourth-order valence-corrected chi connectivity index (χ4v) is 3.08. The molecule has 2 N–H and O–H groups in total. The second-order valence-electron chi connectivity index (χ2n) is 7.77. The highest BCUT2D eigenvalue weighted by Gasteiger charge is 2.16. The van der Waals surface area contributed by atoms with Crippen molar-refractivity contribution in [3.8, 4) is 11.4 Å². The van der Waals surface area contributed by atoms with Crippen LogP contribution in [0.3, 0.4) is 0 Å². The zero-order chi connectivity index (χ0) is 18.0. The summed E-state index contributed by atoms with van der Waals surface area (Å²) in [7, 11) is 0. The van der Waals surface area contributed by atoms with E-state index in [-0.39, 0.29) is 5.41 Å². The van der Waals surface area contributed by atoms with Crippen LogP contribution in [0, 0.1) is 6.92 Å². The first-order valence-corrected chi connectivity index (χ1v) is 9.04. The van der Waals surface area contributed by atoms with Crippen LogP contribution in [0.15, 0.2) is 36.5 Å². The number of hydrogen-bond donors (Lipinski definition) is 1. The molecule has 1 aromatic carbocycles. The molecule has 0 radical (unpaired) electrons. The van der Waals surface area contributed by atoms with Gasteiger partial charge in [-0.25, -0.2) is 9.97 Å². The van der Waals surface area contributed by atoms with E-state index < -0.39 is 0 Å². The smallest absolute Gasteiger partial charge is 0.160 e. The van der Waals surface area contributed by atoms with Crippen molar-refractivity contribution in [1.82, 2.24) is 14.5 Å². The van der Waals surface area contributed by atoms with E-state index in [1.807, 2.05) is 6.20 Å². The molecule has 4 nitrogen and oxygen atoms in total. The maximum absolute atomic E-state index is 5.67. The molecule has 0 fully saturated rings. The Morgan fingerprint density at radius 2 is 1.80 bits per heavy atom. The number of aromatic nitrogens is 3. The topological polar surface area (TPSA) is 56.7 Å². The van der Waals surface area contributed by atoms with Gasteiger partial charge in [-0.15, -0.1) is 0 Å². The molecule has 2 aromatic heterocycles. The largest absolute Gasteiger partial charge is 0.330 e. The van der Waals surface area contributed by atoms with Gasteiger partial charge in [-0.2, -0.15) is 0 Å². The Hall–Kier alpha value is -2.20. The van der Waals surface area contributed by atoms with Crippen molar-refractivity contribution in [2.24, 2.45) is 5.73 Å². The Morgan fingerprint density at radius 3 is 2.44 bits per heavy atom. The van der Waals surface area contributed by atoms with Gasteiger partial charge < -0.3 is 10.3 Å². The first-order valence-electron chi connectivity index (χ1n) is 9.04. The molecule has 0 saturated heterocycles. The van der Waals surface area contributed by atoms with Gasteiger partial charge >= 0.3 is 0 Å². The number of unbranched alkanes of at least 4 members (excludes halogenated alkanes) is 1. The number of nitrogens with zero attached hydrogens (tertiary/aromatic N) is 3. The van der Waals surface area contributed by atoms with Crippen LogP contribution in [0.2, 0.25) is 0 Å². The van der Waals surface area contributed by atoms with Crippen molar-refractivity contribution in [1.29, 1.82) is 0 Å². The lowest BCUT2D eigenvalue weighted by Crippen LogP contribution is -2.10. The fourth-order valence-electron chi connectivity index (χ4n) is 3.08. The molecular formula is C21H28N4. The molecule has 3 rings (SSSR count). The third-order valence-electron chi connectivity index (χ3n) is 4.57. The van der Waals surface area contributed by atoms with Gasteiger partial charge in [-0.05, 0) is 48.9 Å². The SMILES string of the molecule is Cc1cnc2c(c1)nc(-c1ccc(C(C)(C)C)cc1)n2CCCCN. The maximum atomic E-state index is 5.67. The molecule has 0 aliphatic carbocycles. The van der Waals surface area contributed by atoms with E-state index in [2.05, 4.69) is 67.6 Å². The Balaban J connectivity index is 2.06. The molecule has 4 heteroatoms. The predicted molar refractivity (Wildman–Crippen MR) is 105 cm³/mol. The summed E-state index contributed by atoms with van der Waals surface area (Å²) in [6, 6.07) is 10.9. The summed E-state index contributed by atoms with van der Waals surface area (Å²) in [4.78, 5) is 9.52. The van der Waals surface area contributed by atoms with E-state index in [0.717, 1.165) is 54.0 Å². The van der Waals surface area contributed by atoms with Gasteiger partial charge in [-0.3, -0.25) is 0 Å². The molecule has 0 unspecified atom stereocenters. The monoisotopic (exact) mass is 336 g/mol. The Bertz CT molecular complexity index is 854. The number of fused-ring (bicyclic) bond motifs is 1. The number of aryl methyl sites for hydroxylation is 2. The summed E-state index contributed by atoms with van der Waals surface area (Å²) in [6.45, 7) is 10.4. The highest BCUT2D eigenvalue weighted by Crippen LogP contribution is 2.28. The molecule has 0 aliphatic rings. The molecule has 3 aromatic rings. The quantitative estimate of drug-likeness (QED) is 0.701. The van der Waals surface area contributed by atoms with E-state index in [1.54, 1.807) is 0 Å². The lowest BCUT2D eigenvalue weighted by molar-refractivity contribution is 0.590. The number of nitrogens with two attached hydrogens (primary N) is 1. The van der Waals surface area contributed by atoms with Crippen LogP contribution in [0.5, 0.6) is 0 Å².